The molecule has 1 aliphatic rings. The lowest BCUT2D eigenvalue weighted by Gasteiger charge is -2.33. The molecule has 1 N–H and O–H groups in total. The van der Waals surface area contributed by atoms with E-state index >= 15 is 0 Å². The molecule has 3 rings (SSSR count). The highest BCUT2D eigenvalue weighted by Crippen LogP contribution is 2.15. The van der Waals surface area contributed by atoms with Crippen LogP contribution in [0.3, 0.4) is 0 Å². The van der Waals surface area contributed by atoms with Crippen molar-refractivity contribution in [3.63, 3.8) is 0 Å². The molecule has 6 nitrogen and oxygen atoms in total. The summed E-state index contributed by atoms with van der Waals surface area (Å²) >= 11 is 0. The van der Waals surface area contributed by atoms with Gasteiger partial charge in [0.15, 0.2) is 5.96 Å². The van der Waals surface area contributed by atoms with Crippen molar-refractivity contribution in [3.8, 4) is 0 Å². The standard InChI is InChI=1S/C22H31FN6.HI/c1-4-24-22(28(3)17-19-6-5-7-20(23)14-19)26-16-18-8-9-25-21(15-18)29-12-10-27(2)11-13-29;/h5-9,14-15H,4,10-13,16-17H2,1-3H3,(H,24,26);1H. The molecule has 0 bridgehead atoms. The predicted octanol–water partition coefficient (Wildman–Crippen LogP) is 3.19. The number of rotatable bonds is 6. The first kappa shape index (κ1) is 24.3. The highest BCUT2D eigenvalue weighted by Gasteiger charge is 2.15. The maximum Gasteiger partial charge on any atom is 0.194 e. The number of guanidine groups is 1. The maximum absolute atomic E-state index is 13.5. The average molecular weight is 526 g/mol. The molecule has 0 amide bonds. The van der Waals surface area contributed by atoms with Crippen molar-refractivity contribution in [2.45, 2.75) is 20.0 Å². The van der Waals surface area contributed by atoms with Crippen molar-refractivity contribution in [1.29, 1.82) is 0 Å². The van der Waals surface area contributed by atoms with Gasteiger partial charge < -0.3 is 20.0 Å². The van der Waals surface area contributed by atoms with E-state index in [0.29, 0.717) is 13.1 Å². The predicted molar refractivity (Wildman–Crippen MR) is 132 cm³/mol. The number of aliphatic imine (C=N–C) groups is 1. The van der Waals surface area contributed by atoms with Gasteiger partial charge in [0.25, 0.3) is 0 Å². The van der Waals surface area contributed by atoms with E-state index in [9.17, 15) is 4.39 Å². The summed E-state index contributed by atoms with van der Waals surface area (Å²) in [5.41, 5.74) is 2.04. The number of nitrogens with one attached hydrogen (secondary N) is 1. The Hall–Kier alpha value is -1.94. The molecule has 1 aromatic carbocycles. The van der Waals surface area contributed by atoms with Gasteiger partial charge in [0.1, 0.15) is 11.6 Å². The Bertz CT molecular complexity index is 823. The van der Waals surface area contributed by atoms with Gasteiger partial charge in [-0.05, 0) is 49.4 Å². The molecular weight excluding hydrogens is 494 g/mol. The van der Waals surface area contributed by atoms with E-state index < -0.39 is 0 Å². The van der Waals surface area contributed by atoms with Crippen LogP contribution < -0.4 is 10.2 Å². The Morgan fingerprint density at radius 3 is 2.63 bits per heavy atom. The van der Waals surface area contributed by atoms with Gasteiger partial charge in [-0.2, -0.15) is 0 Å². The molecule has 1 saturated heterocycles. The van der Waals surface area contributed by atoms with E-state index in [2.05, 4.69) is 33.2 Å². The van der Waals surface area contributed by atoms with Gasteiger partial charge in [0.05, 0.1) is 6.54 Å². The normalized spacial score (nSPS) is 14.9. The topological polar surface area (TPSA) is 47.0 Å². The lowest BCUT2D eigenvalue weighted by atomic mass is 10.2. The number of pyridine rings is 1. The van der Waals surface area contributed by atoms with Crippen molar-refractivity contribution in [2.75, 3.05) is 51.7 Å². The molecule has 1 aliphatic heterocycles. The van der Waals surface area contributed by atoms with Crippen LogP contribution in [0, 0.1) is 5.82 Å². The zero-order valence-corrected chi connectivity index (χ0v) is 20.3. The van der Waals surface area contributed by atoms with Gasteiger partial charge in [-0.25, -0.2) is 14.4 Å². The monoisotopic (exact) mass is 526 g/mol. The smallest absolute Gasteiger partial charge is 0.194 e. The number of likely N-dealkylation sites (N-methyl/N-ethyl adjacent to an activating group) is 1. The van der Waals surface area contributed by atoms with Crippen molar-refractivity contribution >= 4 is 35.8 Å². The highest BCUT2D eigenvalue weighted by molar-refractivity contribution is 14.0. The van der Waals surface area contributed by atoms with Gasteiger partial charge in [-0.1, -0.05) is 12.1 Å². The number of piperazine rings is 1. The number of hydrogen-bond donors (Lipinski definition) is 1. The van der Waals surface area contributed by atoms with Gasteiger partial charge in [-0.15, -0.1) is 24.0 Å². The third kappa shape index (κ3) is 7.09. The van der Waals surface area contributed by atoms with E-state index in [1.807, 2.05) is 37.2 Å². The fourth-order valence-corrected chi connectivity index (χ4v) is 3.39. The molecule has 0 unspecified atom stereocenters. The first-order chi connectivity index (χ1) is 14.0. The first-order valence-electron chi connectivity index (χ1n) is 10.2. The lowest BCUT2D eigenvalue weighted by Crippen LogP contribution is -2.44. The molecule has 0 spiro atoms. The SMILES string of the molecule is CCNC(=NCc1ccnc(N2CCN(C)CC2)c1)N(C)Cc1cccc(F)c1.I. The van der Waals surface area contributed by atoms with Gasteiger partial charge >= 0.3 is 0 Å². The van der Waals surface area contributed by atoms with E-state index in [1.165, 1.54) is 6.07 Å². The van der Waals surface area contributed by atoms with Gasteiger partial charge in [0.2, 0.25) is 0 Å². The molecule has 1 aromatic heterocycles. The molecule has 8 heteroatoms. The Morgan fingerprint density at radius 2 is 1.93 bits per heavy atom. The van der Waals surface area contributed by atoms with Crippen molar-refractivity contribution in [1.82, 2.24) is 20.1 Å². The molecule has 2 aromatic rings. The van der Waals surface area contributed by atoms with E-state index in [0.717, 1.165) is 55.6 Å². The lowest BCUT2D eigenvalue weighted by molar-refractivity contribution is 0.312. The molecule has 2 heterocycles. The van der Waals surface area contributed by atoms with Crippen LogP contribution in [0.15, 0.2) is 47.6 Å². The zero-order valence-electron chi connectivity index (χ0n) is 18.0. The van der Waals surface area contributed by atoms with Gasteiger partial charge in [0, 0.05) is 52.5 Å². The molecule has 0 atom stereocenters. The average Bonchev–Trinajstić information content (AvgIpc) is 2.72. The summed E-state index contributed by atoms with van der Waals surface area (Å²) in [7, 11) is 4.12. The van der Waals surface area contributed by atoms with Crippen molar-refractivity contribution < 1.29 is 4.39 Å². The number of anilines is 1. The quantitative estimate of drug-likeness (QED) is 0.356. The van der Waals surface area contributed by atoms with Crippen molar-refractivity contribution in [2.24, 2.45) is 4.99 Å². The van der Waals surface area contributed by atoms with E-state index in [1.54, 1.807) is 12.1 Å². The van der Waals surface area contributed by atoms with Crippen molar-refractivity contribution in [3.05, 3.63) is 59.5 Å². The van der Waals surface area contributed by atoms with Crippen LogP contribution in [-0.4, -0.2) is 67.6 Å². The van der Waals surface area contributed by atoms with Crippen LogP contribution in [0.25, 0.3) is 0 Å². The number of hydrogen-bond acceptors (Lipinski definition) is 4. The number of nitrogens with zero attached hydrogens (tertiary/aromatic N) is 5. The van der Waals surface area contributed by atoms with Crippen LogP contribution in [-0.2, 0) is 13.1 Å². The summed E-state index contributed by atoms with van der Waals surface area (Å²) in [4.78, 5) is 16.0. The summed E-state index contributed by atoms with van der Waals surface area (Å²) < 4.78 is 13.5. The largest absolute Gasteiger partial charge is 0.357 e. The summed E-state index contributed by atoms with van der Waals surface area (Å²) in [6.07, 6.45) is 1.86. The van der Waals surface area contributed by atoms with Crippen LogP contribution in [0.4, 0.5) is 10.2 Å². The minimum absolute atomic E-state index is 0. The van der Waals surface area contributed by atoms with Crippen LogP contribution >= 0.6 is 24.0 Å². The second-order valence-corrected chi connectivity index (χ2v) is 7.47. The molecule has 1 fully saturated rings. The molecule has 0 radical (unpaired) electrons. The van der Waals surface area contributed by atoms with E-state index in [4.69, 9.17) is 4.99 Å². The number of benzene rings is 1. The minimum atomic E-state index is -0.217. The summed E-state index contributed by atoms with van der Waals surface area (Å²) in [6, 6.07) is 10.8. The fraction of sp³-hybridized carbons (Fsp3) is 0.455. The third-order valence-electron chi connectivity index (χ3n) is 5.05. The Morgan fingerprint density at radius 1 is 1.17 bits per heavy atom. The third-order valence-corrected chi connectivity index (χ3v) is 5.05. The minimum Gasteiger partial charge on any atom is -0.357 e. The molecule has 0 aliphatic carbocycles. The van der Waals surface area contributed by atoms with E-state index in [-0.39, 0.29) is 29.8 Å². The van der Waals surface area contributed by atoms with Crippen LogP contribution in [0.5, 0.6) is 0 Å². The van der Waals surface area contributed by atoms with Crippen LogP contribution in [0.1, 0.15) is 18.1 Å². The summed E-state index contributed by atoms with van der Waals surface area (Å²) in [5.74, 6) is 1.60. The highest BCUT2D eigenvalue weighted by atomic mass is 127. The Kier molecular flexibility index (Phi) is 9.77. The second-order valence-electron chi connectivity index (χ2n) is 7.47. The van der Waals surface area contributed by atoms with Crippen LogP contribution in [0.2, 0.25) is 0 Å². The molecule has 0 saturated carbocycles. The van der Waals surface area contributed by atoms with Gasteiger partial charge in [-0.3, -0.25) is 0 Å². The zero-order chi connectivity index (χ0) is 20.6. The molecule has 30 heavy (non-hydrogen) atoms. The first-order valence-corrected chi connectivity index (χ1v) is 10.2. The maximum atomic E-state index is 13.5. The number of halogens is 2. The Labute approximate surface area is 196 Å². The Balaban J connectivity index is 0.00000320. The molecular formula is C22H32FIN6. The summed E-state index contributed by atoms with van der Waals surface area (Å²) in [6.45, 7) is 8.08. The number of aromatic nitrogens is 1. The fourth-order valence-electron chi connectivity index (χ4n) is 3.39. The molecule has 164 valence electrons. The second kappa shape index (κ2) is 12.0. The summed E-state index contributed by atoms with van der Waals surface area (Å²) in [5, 5.41) is 3.32.